The van der Waals surface area contributed by atoms with Gasteiger partial charge in [-0.25, -0.2) is 0 Å². The molecule has 0 saturated carbocycles. The molecule has 0 atom stereocenters. The zero-order valence-corrected chi connectivity index (χ0v) is 11.7. The number of hydrogen-bond acceptors (Lipinski definition) is 2. The minimum absolute atomic E-state index is 0.0949. The van der Waals surface area contributed by atoms with E-state index in [0.717, 1.165) is 28.0 Å². The van der Waals surface area contributed by atoms with Gasteiger partial charge in [-0.3, -0.25) is 9.59 Å². The van der Waals surface area contributed by atoms with E-state index in [2.05, 4.69) is 5.32 Å². The Bertz CT molecular complexity index is 742. The maximum absolute atomic E-state index is 12.3. The molecule has 0 fully saturated rings. The van der Waals surface area contributed by atoms with E-state index in [1.54, 1.807) is 0 Å². The fourth-order valence-electron chi connectivity index (χ4n) is 2.54. The summed E-state index contributed by atoms with van der Waals surface area (Å²) in [6, 6.07) is 15.2. The second-order valence-corrected chi connectivity index (χ2v) is 5.14. The highest BCUT2D eigenvalue weighted by molar-refractivity contribution is 6.15. The van der Waals surface area contributed by atoms with Crippen LogP contribution in [0.15, 0.2) is 54.1 Å². The van der Waals surface area contributed by atoms with Crippen molar-refractivity contribution in [2.24, 2.45) is 0 Å². The number of ketones is 1. The number of amides is 1. The SMILES string of the molecule is CC(=O)Nc1ccc(/C=C2/Cc3ccccc3C2=O)cc1. The number of rotatable bonds is 2. The molecule has 0 saturated heterocycles. The fraction of sp³-hybridized carbons (Fsp3) is 0.111. The summed E-state index contributed by atoms with van der Waals surface area (Å²) in [4.78, 5) is 23.3. The van der Waals surface area contributed by atoms with Gasteiger partial charge in [0.05, 0.1) is 0 Å². The Labute approximate surface area is 123 Å². The lowest BCUT2D eigenvalue weighted by Gasteiger charge is -2.02. The van der Waals surface area contributed by atoms with E-state index >= 15 is 0 Å². The number of Topliss-reactive ketones (excluding diaryl/α,β-unsaturated/α-hetero) is 1. The van der Waals surface area contributed by atoms with Crippen molar-refractivity contribution in [3.05, 3.63) is 70.8 Å². The predicted octanol–water partition coefficient (Wildman–Crippen LogP) is 3.47. The Hall–Kier alpha value is -2.68. The van der Waals surface area contributed by atoms with Crippen molar-refractivity contribution in [2.45, 2.75) is 13.3 Å². The summed E-state index contributed by atoms with van der Waals surface area (Å²) >= 11 is 0. The van der Waals surface area contributed by atoms with Crippen molar-refractivity contribution in [1.82, 2.24) is 0 Å². The third kappa shape index (κ3) is 2.77. The van der Waals surface area contributed by atoms with E-state index in [1.807, 2.05) is 54.6 Å². The van der Waals surface area contributed by atoms with E-state index in [1.165, 1.54) is 6.92 Å². The second kappa shape index (κ2) is 5.37. The quantitative estimate of drug-likeness (QED) is 0.854. The topological polar surface area (TPSA) is 46.2 Å². The van der Waals surface area contributed by atoms with Crippen molar-refractivity contribution in [3.8, 4) is 0 Å². The lowest BCUT2D eigenvalue weighted by molar-refractivity contribution is -0.114. The van der Waals surface area contributed by atoms with Gasteiger partial charge in [0.1, 0.15) is 0 Å². The largest absolute Gasteiger partial charge is 0.326 e. The number of fused-ring (bicyclic) bond motifs is 1. The van der Waals surface area contributed by atoms with Crippen LogP contribution in [-0.4, -0.2) is 11.7 Å². The van der Waals surface area contributed by atoms with Crippen LogP contribution in [0.25, 0.3) is 6.08 Å². The van der Waals surface area contributed by atoms with Gasteiger partial charge in [0.2, 0.25) is 5.91 Å². The van der Waals surface area contributed by atoms with Gasteiger partial charge in [0, 0.05) is 30.2 Å². The first-order valence-corrected chi connectivity index (χ1v) is 6.84. The minimum Gasteiger partial charge on any atom is -0.326 e. The van der Waals surface area contributed by atoms with Crippen LogP contribution in [0, 0.1) is 0 Å². The standard InChI is InChI=1S/C18H15NO2/c1-12(20)19-16-8-6-13(7-9-16)10-15-11-14-4-2-3-5-17(14)18(15)21/h2-10H,11H2,1H3,(H,19,20)/b15-10-. The zero-order valence-electron chi connectivity index (χ0n) is 11.7. The smallest absolute Gasteiger partial charge is 0.221 e. The normalized spacial score (nSPS) is 15.1. The molecular formula is C18H15NO2. The first-order valence-electron chi connectivity index (χ1n) is 6.84. The summed E-state index contributed by atoms with van der Waals surface area (Å²) in [5.41, 5.74) is 4.41. The fourth-order valence-corrected chi connectivity index (χ4v) is 2.54. The van der Waals surface area contributed by atoms with Gasteiger partial charge >= 0.3 is 0 Å². The van der Waals surface area contributed by atoms with Crippen molar-refractivity contribution in [3.63, 3.8) is 0 Å². The molecule has 0 radical (unpaired) electrons. The molecule has 3 nitrogen and oxygen atoms in total. The number of hydrogen-bond donors (Lipinski definition) is 1. The molecule has 0 aliphatic heterocycles. The van der Waals surface area contributed by atoms with E-state index in [0.29, 0.717) is 6.42 Å². The molecule has 3 rings (SSSR count). The van der Waals surface area contributed by atoms with Crippen LogP contribution in [0.4, 0.5) is 5.69 Å². The third-order valence-electron chi connectivity index (χ3n) is 3.51. The van der Waals surface area contributed by atoms with Crippen molar-refractivity contribution >= 4 is 23.5 Å². The number of carbonyl (C=O) groups is 2. The molecule has 0 bridgehead atoms. The Kier molecular flexibility index (Phi) is 3.40. The van der Waals surface area contributed by atoms with Gasteiger partial charge in [-0.05, 0) is 29.3 Å². The molecule has 2 aromatic rings. The third-order valence-corrected chi connectivity index (χ3v) is 3.51. The molecular weight excluding hydrogens is 262 g/mol. The molecule has 1 N–H and O–H groups in total. The highest BCUT2D eigenvalue weighted by Crippen LogP contribution is 2.27. The molecule has 2 aromatic carbocycles. The van der Waals surface area contributed by atoms with Gasteiger partial charge in [0.25, 0.3) is 0 Å². The monoisotopic (exact) mass is 277 g/mol. The zero-order chi connectivity index (χ0) is 14.8. The van der Waals surface area contributed by atoms with Crippen LogP contribution in [0.5, 0.6) is 0 Å². The number of nitrogens with one attached hydrogen (secondary N) is 1. The molecule has 1 aliphatic rings. The Morgan fingerprint density at radius 1 is 1.10 bits per heavy atom. The van der Waals surface area contributed by atoms with Crippen LogP contribution < -0.4 is 5.32 Å². The summed E-state index contributed by atoms with van der Waals surface area (Å²) < 4.78 is 0. The van der Waals surface area contributed by atoms with Gasteiger partial charge in [-0.1, -0.05) is 36.4 Å². The van der Waals surface area contributed by atoms with Crippen molar-refractivity contribution in [1.29, 1.82) is 0 Å². The summed E-state index contributed by atoms with van der Waals surface area (Å²) in [5, 5.41) is 2.72. The molecule has 1 aliphatic carbocycles. The molecule has 21 heavy (non-hydrogen) atoms. The van der Waals surface area contributed by atoms with Crippen LogP contribution in [0.1, 0.15) is 28.4 Å². The number of anilines is 1. The molecule has 0 unspecified atom stereocenters. The maximum Gasteiger partial charge on any atom is 0.221 e. The van der Waals surface area contributed by atoms with Gasteiger partial charge in [-0.2, -0.15) is 0 Å². The first-order chi connectivity index (χ1) is 10.1. The van der Waals surface area contributed by atoms with E-state index in [-0.39, 0.29) is 11.7 Å². The number of benzene rings is 2. The Morgan fingerprint density at radius 3 is 2.48 bits per heavy atom. The Balaban J connectivity index is 1.84. The van der Waals surface area contributed by atoms with Gasteiger partial charge in [0.15, 0.2) is 5.78 Å². The minimum atomic E-state index is -0.0949. The van der Waals surface area contributed by atoms with Crippen molar-refractivity contribution < 1.29 is 9.59 Å². The summed E-state index contributed by atoms with van der Waals surface area (Å²) in [5.74, 6) is 0.0130. The average Bonchev–Trinajstić information content (AvgIpc) is 2.78. The average molecular weight is 277 g/mol. The Morgan fingerprint density at radius 2 is 1.81 bits per heavy atom. The van der Waals surface area contributed by atoms with Crippen LogP contribution in [-0.2, 0) is 11.2 Å². The molecule has 1 amide bonds. The highest BCUT2D eigenvalue weighted by atomic mass is 16.1. The first kappa shape index (κ1) is 13.3. The van der Waals surface area contributed by atoms with Crippen LogP contribution in [0.3, 0.4) is 0 Å². The van der Waals surface area contributed by atoms with Crippen LogP contribution >= 0.6 is 0 Å². The molecule has 3 heteroatoms. The molecule has 104 valence electrons. The van der Waals surface area contributed by atoms with Crippen LogP contribution in [0.2, 0.25) is 0 Å². The number of carbonyl (C=O) groups excluding carboxylic acids is 2. The lowest BCUT2D eigenvalue weighted by atomic mass is 10.1. The summed E-state index contributed by atoms with van der Waals surface area (Å²) in [6.45, 7) is 1.48. The van der Waals surface area contributed by atoms with E-state index < -0.39 is 0 Å². The maximum atomic E-state index is 12.3. The van der Waals surface area contributed by atoms with E-state index in [9.17, 15) is 9.59 Å². The predicted molar refractivity (Wildman–Crippen MR) is 83.2 cm³/mol. The summed E-state index contributed by atoms with van der Waals surface area (Å²) in [6.07, 6.45) is 2.60. The van der Waals surface area contributed by atoms with Crippen molar-refractivity contribution in [2.75, 3.05) is 5.32 Å². The lowest BCUT2D eigenvalue weighted by Crippen LogP contribution is -2.05. The highest BCUT2D eigenvalue weighted by Gasteiger charge is 2.23. The molecule has 0 heterocycles. The summed E-state index contributed by atoms with van der Waals surface area (Å²) in [7, 11) is 0. The van der Waals surface area contributed by atoms with Gasteiger partial charge in [-0.15, -0.1) is 0 Å². The molecule has 0 spiro atoms. The van der Waals surface area contributed by atoms with Gasteiger partial charge < -0.3 is 5.32 Å². The number of allylic oxidation sites excluding steroid dienone is 1. The molecule has 0 aromatic heterocycles. The second-order valence-electron chi connectivity index (χ2n) is 5.14. The van der Waals surface area contributed by atoms with E-state index in [4.69, 9.17) is 0 Å².